The van der Waals surface area contributed by atoms with Crippen molar-refractivity contribution in [3.05, 3.63) is 48.1 Å². The number of hydrogen-bond acceptors (Lipinski definition) is 9. The van der Waals surface area contributed by atoms with Crippen molar-refractivity contribution in [2.45, 2.75) is 31.6 Å². The van der Waals surface area contributed by atoms with Crippen molar-refractivity contribution in [3.8, 4) is 17.2 Å². The van der Waals surface area contributed by atoms with E-state index >= 15 is 0 Å². The first-order chi connectivity index (χ1) is 15.0. The van der Waals surface area contributed by atoms with Gasteiger partial charge in [0.2, 0.25) is 5.95 Å². The largest absolute Gasteiger partial charge is 0.494 e. The molecule has 1 aromatic carbocycles. The Morgan fingerprint density at radius 2 is 1.71 bits per heavy atom. The van der Waals surface area contributed by atoms with Gasteiger partial charge < -0.3 is 14.2 Å². The molecular weight excluding hydrogens is 423 g/mol. The van der Waals surface area contributed by atoms with Gasteiger partial charge in [-0.15, -0.1) is 10.2 Å². The van der Waals surface area contributed by atoms with E-state index in [0.29, 0.717) is 34.8 Å². The molecule has 0 aliphatic heterocycles. The summed E-state index contributed by atoms with van der Waals surface area (Å²) in [6.07, 6.45) is 2.34. The fraction of sp³-hybridized carbons (Fsp3) is 0.400. The van der Waals surface area contributed by atoms with E-state index in [4.69, 9.17) is 14.2 Å². The van der Waals surface area contributed by atoms with Gasteiger partial charge in [0.15, 0.2) is 11.6 Å². The van der Waals surface area contributed by atoms with Crippen LogP contribution in [0, 0.1) is 5.82 Å². The van der Waals surface area contributed by atoms with Crippen LogP contribution in [0.5, 0.6) is 11.5 Å². The first kappa shape index (κ1) is 22.8. The number of nitrogens with one attached hydrogen (secondary N) is 1. The Hall–Kier alpha value is -2.92. The van der Waals surface area contributed by atoms with Gasteiger partial charge in [0, 0.05) is 18.3 Å². The second-order valence-corrected chi connectivity index (χ2v) is 7.88. The summed E-state index contributed by atoms with van der Waals surface area (Å²) in [6, 6.07) is 5.51. The molecule has 0 saturated carbocycles. The smallest absolute Gasteiger partial charge is 0.239 e. The molecule has 0 spiro atoms. The van der Waals surface area contributed by atoms with Crippen LogP contribution in [0.4, 0.5) is 10.3 Å². The number of nitrogens with zero attached hydrogens (tertiary/aromatic N) is 5. The van der Waals surface area contributed by atoms with Gasteiger partial charge in [0.05, 0.1) is 26.6 Å². The Morgan fingerprint density at radius 3 is 2.29 bits per heavy atom. The number of benzene rings is 1. The van der Waals surface area contributed by atoms with Gasteiger partial charge in [-0.2, -0.15) is 0 Å². The zero-order valence-electron chi connectivity index (χ0n) is 18.0. The van der Waals surface area contributed by atoms with E-state index in [-0.39, 0.29) is 17.8 Å². The second-order valence-electron chi connectivity index (χ2n) is 6.69. The predicted octanol–water partition coefficient (Wildman–Crippen LogP) is 3.61. The third kappa shape index (κ3) is 5.05. The van der Waals surface area contributed by atoms with Gasteiger partial charge in [-0.1, -0.05) is 19.9 Å². The molecule has 0 bridgehead atoms. The summed E-state index contributed by atoms with van der Waals surface area (Å²) < 4.78 is 34.6. The summed E-state index contributed by atoms with van der Waals surface area (Å²) in [7, 11) is 4.77. The summed E-state index contributed by atoms with van der Waals surface area (Å²) in [5.74, 6) is 2.34. The van der Waals surface area contributed by atoms with Crippen LogP contribution in [0.25, 0.3) is 5.69 Å². The molecule has 0 radical (unpaired) electrons. The van der Waals surface area contributed by atoms with Crippen LogP contribution in [0.3, 0.4) is 0 Å². The Balaban J connectivity index is 1.89. The molecule has 31 heavy (non-hydrogen) atoms. The van der Waals surface area contributed by atoms with Crippen LogP contribution < -0.4 is 14.2 Å². The molecule has 9 nitrogen and oxygen atoms in total. The van der Waals surface area contributed by atoms with Crippen molar-refractivity contribution in [1.82, 2.24) is 24.7 Å². The quantitative estimate of drug-likeness (QED) is 0.467. The number of aromatic nitrogens is 5. The molecule has 0 aliphatic rings. The maximum atomic E-state index is 13.1. The maximum Gasteiger partial charge on any atom is 0.239 e. The van der Waals surface area contributed by atoms with Crippen LogP contribution >= 0.6 is 11.9 Å². The molecule has 0 saturated heterocycles. The number of halogens is 1. The average Bonchev–Trinajstić information content (AvgIpc) is 3.19. The minimum Gasteiger partial charge on any atom is -0.494 e. The first-order valence-electron chi connectivity index (χ1n) is 9.53. The molecule has 2 aromatic heterocycles. The summed E-state index contributed by atoms with van der Waals surface area (Å²) in [5, 5.41) is 8.59. The SMILES string of the molecule is COCc1nnc(NSC(C)C(C)c2ncc(F)cn2)n1-c1c(OC)cccc1OC. The summed E-state index contributed by atoms with van der Waals surface area (Å²) >= 11 is 1.43. The Labute approximate surface area is 184 Å². The fourth-order valence-electron chi connectivity index (χ4n) is 2.91. The molecule has 0 fully saturated rings. The van der Waals surface area contributed by atoms with Crippen LogP contribution in [-0.2, 0) is 11.3 Å². The zero-order valence-corrected chi connectivity index (χ0v) is 18.8. The van der Waals surface area contributed by atoms with E-state index < -0.39 is 5.82 Å². The van der Waals surface area contributed by atoms with Crippen LogP contribution in [0.1, 0.15) is 31.4 Å². The number of rotatable bonds is 10. The topological polar surface area (TPSA) is 96.2 Å². The molecule has 2 heterocycles. The highest BCUT2D eigenvalue weighted by Gasteiger charge is 2.23. The van der Waals surface area contributed by atoms with E-state index in [1.807, 2.05) is 32.0 Å². The number of methoxy groups -OCH3 is 3. The van der Waals surface area contributed by atoms with Crippen LogP contribution in [0.2, 0.25) is 0 Å². The number of hydrogen-bond donors (Lipinski definition) is 1. The molecule has 2 unspecified atom stereocenters. The number of ether oxygens (including phenoxy) is 3. The highest BCUT2D eigenvalue weighted by molar-refractivity contribution is 8.01. The third-order valence-corrected chi connectivity index (χ3v) is 5.80. The van der Waals surface area contributed by atoms with E-state index in [0.717, 1.165) is 0 Å². The molecule has 11 heteroatoms. The van der Waals surface area contributed by atoms with Gasteiger partial charge in [0.25, 0.3) is 0 Å². The minimum absolute atomic E-state index is 0.0336. The molecule has 0 aliphatic carbocycles. The molecule has 1 N–H and O–H groups in total. The highest BCUT2D eigenvalue weighted by Crippen LogP contribution is 2.36. The highest BCUT2D eigenvalue weighted by atomic mass is 32.2. The maximum absolute atomic E-state index is 13.1. The normalized spacial score (nSPS) is 13.0. The molecular formula is C20H25FN6O3S. The molecule has 0 amide bonds. The average molecular weight is 449 g/mol. The fourth-order valence-corrected chi connectivity index (χ4v) is 3.66. The summed E-state index contributed by atoms with van der Waals surface area (Å²) in [4.78, 5) is 8.17. The van der Waals surface area contributed by atoms with E-state index in [2.05, 4.69) is 24.9 Å². The Kier molecular flexibility index (Phi) is 7.64. The lowest BCUT2D eigenvalue weighted by Crippen LogP contribution is -2.15. The van der Waals surface area contributed by atoms with Gasteiger partial charge in [-0.05, 0) is 24.1 Å². The molecule has 3 aromatic rings. The second kappa shape index (κ2) is 10.4. The minimum atomic E-state index is -0.459. The van der Waals surface area contributed by atoms with Crippen molar-refractivity contribution in [3.63, 3.8) is 0 Å². The standard InChI is InChI=1S/C20H25FN6O3S/c1-12(19-22-9-14(21)10-23-19)13(2)31-26-20-25-24-17(11-28-3)27(20)18-15(29-4)7-6-8-16(18)30-5/h6-10,12-13H,11H2,1-5H3,(H,25,26). The molecule has 166 valence electrons. The van der Waals surface area contributed by atoms with E-state index in [1.165, 1.54) is 24.3 Å². The van der Waals surface area contributed by atoms with Gasteiger partial charge >= 0.3 is 0 Å². The number of anilines is 1. The first-order valence-corrected chi connectivity index (χ1v) is 10.4. The lowest BCUT2D eigenvalue weighted by atomic mass is 10.1. The van der Waals surface area contributed by atoms with E-state index in [1.54, 1.807) is 25.9 Å². The van der Waals surface area contributed by atoms with Crippen LogP contribution in [-0.4, -0.2) is 51.3 Å². The van der Waals surface area contributed by atoms with Crippen molar-refractivity contribution in [2.24, 2.45) is 0 Å². The zero-order chi connectivity index (χ0) is 22.4. The predicted molar refractivity (Wildman–Crippen MR) is 116 cm³/mol. The molecule has 3 rings (SSSR count). The van der Waals surface area contributed by atoms with Crippen molar-refractivity contribution < 1.29 is 18.6 Å². The van der Waals surface area contributed by atoms with E-state index in [9.17, 15) is 4.39 Å². The monoisotopic (exact) mass is 448 g/mol. The third-order valence-electron chi connectivity index (χ3n) is 4.72. The van der Waals surface area contributed by atoms with Crippen LogP contribution in [0.15, 0.2) is 30.6 Å². The Bertz CT molecular complexity index is 979. The summed E-state index contributed by atoms with van der Waals surface area (Å²) in [6.45, 7) is 4.25. The van der Waals surface area contributed by atoms with Crippen molar-refractivity contribution in [2.75, 3.05) is 26.1 Å². The van der Waals surface area contributed by atoms with Gasteiger partial charge in [-0.3, -0.25) is 9.29 Å². The van der Waals surface area contributed by atoms with Gasteiger partial charge in [-0.25, -0.2) is 14.4 Å². The summed E-state index contributed by atoms with van der Waals surface area (Å²) in [5.41, 5.74) is 0.662. The lowest BCUT2D eigenvalue weighted by molar-refractivity contribution is 0.176. The number of para-hydroxylation sites is 1. The Morgan fingerprint density at radius 1 is 1.06 bits per heavy atom. The molecule has 2 atom stereocenters. The van der Waals surface area contributed by atoms with Crippen molar-refractivity contribution in [1.29, 1.82) is 0 Å². The van der Waals surface area contributed by atoms with Gasteiger partial charge in [0.1, 0.15) is 29.6 Å². The van der Waals surface area contributed by atoms with Crippen molar-refractivity contribution >= 4 is 17.9 Å². The lowest BCUT2D eigenvalue weighted by Gasteiger charge is -2.20.